The van der Waals surface area contributed by atoms with Crippen molar-refractivity contribution < 1.29 is 4.42 Å². The number of rotatable bonds is 0. The van der Waals surface area contributed by atoms with Gasteiger partial charge in [0.25, 0.3) is 0 Å². The Morgan fingerprint density at radius 1 is 1.21 bits per heavy atom. The third-order valence-electron chi connectivity index (χ3n) is 2.22. The highest BCUT2D eigenvalue weighted by atomic mass is 16.4. The summed E-state index contributed by atoms with van der Waals surface area (Å²) in [6, 6.07) is 5.38. The molecule has 4 nitrogen and oxygen atoms in total. The van der Waals surface area contributed by atoms with Crippen LogP contribution in [0.15, 0.2) is 27.4 Å². The molecule has 1 aromatic heterocycles. The summed E-state index contributed by atoms with van der Waals surface area (Å²) in [5.41, 5.74) is 12.3. The van der Waals surface area contributed by atoms with Crippen molar-refractivity contribution in [1.29, 1.82) is 0 Å². The molecule has 2 rings (SSSR count). The average molecular weight is 190 g/mol. The Balaban J connectivity index is 3.07. The van der Waals surface area contributed by atoms with Gasteiger partial charge in [-0.15, -0.1) is 0 Å². The van der Waals surface area contributed by atoms with Crippen LogP contribution in [0.3, 0.4) is 0 Å². The number of benzene rings is 1. The third kappa shape index (κ3) is 1.04. The summed E-state index contributed by atoms with van der Waals surface area (Å²) < 4.78 is 4.99. The maximum absolute atomic E-state index is 11.2. The highest BCUT2D eigenvalue weighted by Gasteiger charge is 2.09. The van der Waals surface area contributed by atoms with Crippen molar-refractivity contribution in [3.05, 3.63) is 34.2 Å². The summed E-state index contributed by atoms with van der Waals surface area (Å²) in [6.07, 6.45) is 0. The maximum atomic E-state index is 11.2. The number of hydrogen-bond acceptors (Lipinski definition) is 4. The van der Waals surface area contributed by atoms with Crippen molar-refractivity contribution in [2.45, 2.75) is 6.92 Å². The maximum Gasteiger partial charge on any atom is 0.361 e. The molecular formula is C10H10N2O2. The van der Waals surface area contributed by atoms with Crippen molar-refractivity contribution in [3.8, 4) is 0 Å². The molecule has 1 aromatic carbocycles. The van der Waals surface area contributed by atoms with E-state index in [1.807, 2.05) is 13.0 Å². The Bertz CT molecular complexity index is 558. The molecule has 0 aliphatic carbocycles. The van der Waals surface area contributed by atoms with Gasteiger partial charge in [-0.3, -0.25) is 0 Å². The van der Waals surface area contributed by atoms with Crippen LogP contribution < -0.4 is 17.1 Å². The van der Waals surface area contributed by atoms with Gasteiger partial charge in [-0.2, -0.15) is 0 Å². The summed E-state index contributed by atoms with van der Waals surface area (Å²) in [7, 11) is 0. The van der Waals surface area contributed by atoms with Gasteiger partial charge in [0.1, 0.15) is 11.3 Å². The Hall–Kier alpha value is -1.97. The van der Waals surface area contributed by atoms with Crippen molar-refractivity contribution in [1.82, 2.24) is 0 Å². The van der Waals surface area contributed by atoms with E-state index in [0.29, 0.717) is 16.7 Å². The van der Waals surface area contributed by atoms with Gasteiger partial charge >= 0.3 is 5.63 Å². The van der Waals surface area contributed by atoms with E-state index in [0.717, 1.165) is 5.56 Å². The SMILES string of the molecule is Cc1cccc2oc(=O)c(N)c(N)c12. The second kappa shape index (κ2) is 2.77. The number of hydrogen-bond donors (Lipinski definition) is 2. The van der Waals surface area contributed by atoms with Gasteiger partial charge in [0.05, 0.1) is 5.69 Å². The highest BCUT2D eigenvalue weighted by Crippen LogP contribution is 2.26. The Kier molecular flexibility index (Phi) is 1.70. The molecule has 0 aliphatic rings. The van der Waals surface area contributed by atoms with Crippen molar-refractivity contribution in [3.63, 3.8) is 0 Å². The lowest BCUT2D eigenvalue weighted by Crippen LogP contribution is -2.10. The summed E-state index contributed by atoms with van der Waals surface area (Å²) in [6.45, 7) is 1.89. The first-order chi connectivity index (χ1) is 6.61. The minimum atomic E-state index is -0.583. The normalized spacial score (nSPS) is 10.6. The van der Waals surface area contributed by atoms with E-state index in [1.54, 1.807) is 12.1 Å². The number of nitrogen functional groups attached to an aromatic ring is 2. The van der Waals surface area contributed by atoms with Crippen LogP contribution in [0.1, 0.15) is 5.56 Å². The summed E-state index contributed by atoms with van der Waals surface area (Å²) >= 11 is 0. The molecule has 4 heteroatoms. The van der Waals surface area contributed by atoms with Gasteiger partial charge in [0.15, 0.2) is 0 Å². The highest BCUT2D eigenvalue weighted by molar-refractivity contribution is 5.96. The molecule has 0 unspecified atom stereocenters. The first-order valence-electron chi connectivity index (χ1n) is 4.18. The van der Waals surface area contributed by atoms with E-state index in [2.05, 4.69) is 0 Å². The number of fused-ring (bicyclic) bond motifs is 1. The summed E-state index contributed by atoms with van der Waals surface area (Å²) in [5.74, 6) is 0. The Morgan fingerprint density at radius 2 is 1.93 bits per heavy atom. The first-order valence-corrected chi connectivity index (χ1v) is 4.18. The van der Waals surface area contributed by atoms with E-state index in [4.69, 9.17) is 15.9 Å². The second-order valence-corrected chi connectivity index (χ2v) is 3.16. The molecule has 0 aliphatic heterocycles. The monoisotopic (exact) mass is 190 g/mol. The van der Waals surface area contributed by atoms with E-state index in [-0.39, 0.29) is 5.69 Å². The second-order valence-electron chi connectivity index (χ2n) is 3.16. The Morgan fingerprint density at radius 3 is 2.64 bits per heavy atom. The number of anilines is 2. The van der Waals surface area contributed by atoms with Crippen LogP contribution in [-0.2, 0) is 0 Å². The molecule has 0 bridgehead atoms. The van der Waals surface area contributed by atoms with Crippen LogP contribution in [0.4, 0.5) is 11.4 Å². The van der Waals surface area contributed by atoms with Gasteiger partial charge in [-0.1, -0.05) is 12.1 Å². The minimum absolute atomic E-state index is 0.0215. The quantitative estimate of drug-likeness (QED) is 0.613. The molecule has 14 heavy (non-hydrogen) atoms. The Labute approximate surface area is 80.1 Å². The summed E-state index contributed by atoms with van der Waals surface area (Å²) in [5, 5.41) is 0.713. The summed E-state index contributed by atoms with van der Waals surface area (Å²) in [4.78, 5) is 11.2. The largest absolute Gasteiger partial charge is 0.421 e. The number of aryl methyl sites for hydroxylation is 1. The van der Waals surface area contributed by atoms with Gasteiger partial charge in [0.2, 0.25) is 0 Å². The van der Waals surface area contributed by atoms with Crippen LogP contribution in [0.5, 0.6) is 0 Å². The minimum Gasteiger partial charge on any atom is -0.421 e. The fourth-order valence-corrected chi connectivity index (χ4v) is 1.47. The fourth-order valence-electron chi connectivity index (χ4n) is 1.47. The molecule has 1 heterocycles. The number of nitrogens with two attached hydrogens (primary N) is 2. The van der Waals surface area contributed by atoms with Gasteiger partial charge in [-0.05, 0) is 18.6 Å². The van der Waals surface area contributed by atoms with Crippen LogP contribution in [-0.4, -0.2) is 0 Å². The first kappa shape index (κ1) is 8.62. The van der Waals surface area contributed by atoms with Gasteiger partial charge in [0, 0.05) is 5.39 Å². The predicted octanol–water partition coefficient (Wildman–Crippen LogP) is 1.27. The van der Waals surface area contributed by atoms with Crippen molar-refractivity contribution >= 4 is 22.3 Å². The smallest absolute Gasteiger partial charge is 0.361 e. The molecule has 0 spiro atoms. The van der Waals surface area contributed by atoms with E-state index < -0.39 is 5.63 Å². The van der Waals surface area contributed by atoms with Crippen molar-refractivity contribution in [2.24, 2.45) is 0 Å². The van der Waals surface area contributed by atoms with Crippen molar-refractivity contribution in [2.75, 3.05) is 11.5 Å². The molecule has 2 aromatic rings. The molecule has 0 saturated carbocycles. The average Bonchev–Trinajstić information content (AvgIpc) is 2.14. The zero-order valence-corrected chi connectivity index (χ0v) is 7.70. The lowest BCUT2D eigenvalue weighted by atomic mass is 10.1. The molecule has 0 amide bonds. The van der Waals surface area contributed by atoms with E-state index >= 15 is 0 Å². The standard InChI is InChI=1S/C10H10N2O2/c1-5-3-2-4-6-7(5)8(11)9(12)10(13)14-6/h2-4H,11-12H2,1H3. The molecular weight excluding hydrogens is 180 g/mol. The molecule has 0 saturated heterocycles. The lowest BCUT2D eigenvalue weighted by Gasteiger charge is -2.05. The predicted molar refractivity (Wildman–Crippen MR) is 56.0 cm³/mol. The van der Waals surface area contributed by atoms with Crippen LogP contribution >= 0.6 is 0 Å². The van der Waals surface area contributed by atoms with Gasteiger partial charge in [-0.25, -0.2) is 4.79 Å². The van der Waals surface area contributed by atoms with E-state index in [1.165, 1.54) is 0 Å². The van der Waals surface area contributed by atoms with Crippen LogP contribution in [0.25, 0.3) is 11.0 Å². The fraction of sp³-hybridized carbons (Fsp3) is 0.100. The van der Waals surface area contributed by atoms with E-state index in [9.17, 15) is 4.79 Å². The molecule has 4 N–H and O–H groups in total. The zero-order valence-electron chi connectivity index (χ0n) is 7.70. The van der Waals surface area contributed by atoms with Gasteiger partial charge < -0.3 is 15.9 Å². The van der Waals surface area contributed by atoms with Crippen LogP contribution in [0, 0.1) is 6.92 Å². The third-order valence-corrected chi connectivity index (χ3v) is 2.22. The van der Waals surface area contributed by atoms with Crippen LogP contribution in [0.2, 0.25) is 0 Å². The zero-order chi connectivity index (χ0) is 10.3. The molecule has 0 fully saturated rings. The molecule has 72 valence electrons. The molecule has 0 radical (unpaired) electrons. The topological polar surface area (TPSA) is 82.2 Å². The lowest BCUT2D eigenvalue weighted by molar-refractivity contribution is 0.565. The molecule has 0 atom stereocenters.